The molecule has 1 aromatic heterocycles. The quantitative estimate of drug-likeness (QED) is 0.408. The Labute approximate surface area is 206 Å². The van der Waals surface area contributed by atoms with E-state index in [2.05, 4.69) is 37.0 Å². The average Bonchev–Trinajstić information content (AvgIpc) is 3.59. The van der Waals surface area contributed by atoms with E-state index in [4.69, 9.17) is 5.73 Å². The van der Waals surface area contributed by atoms with Crippen molar-refractivity contribution in [3.63, 3.8) is 0 Å². The molecule has 10 heteroatoms. The summed E-state index contributed by atoms with van der Waals surface area (Å²) in [7, 11) is 0. The van der Waals surface area contributed by atoms with Crippen molar-refractivity contribution in [3.8, 4) is 5.75 Å². The van der Waals surface area contributed by atoms with Gasteiger partial charge in [-0.3, -0.25) is 9.69 Å². The Kier molecular flexibility index (Phi) is 6.83. The third kappa shape index (κ3) is 5.88. The minimum Gasteiger partial charge on any atom is -0.435 e. The number of carbonyl (C=O) groups excluding carboxylic acids is 1. The van der Waals surface area contributed by atoms with Gasteiger partial charge in [-0.25, -0.2) is 4.98 Å². The minimum atomic E-state index is -2.96. The number of anilines is 4. The van der Waals surface area contributed by atoms with E-state index in [-0.39, 0.29) is 22.0 Å². The van der Waals surface area contributed by atoms with E-state index in [1.54, 1.807) is 0 Å². The second-order valence-electron chi connectivity index (χ2n) is 8.87. The number of carbonyl (C=O) groups is 1. The molecule has 0 unspecified atom stereocenters. The Morgan fingerprint density at radius 1 is 1.14 bits per heavy atom. The third-order valence-corrected chi connectivity index (χ3v) is 7.24. The maximum Gasteiger partial charge on any atom is 0.387 e. The lowest BCUT2D eigenvalue weighted by atomic mass is 10.1. The number of hydrogen-bond donors (Lipinski definition) is 2. The molecule has 184 valence electrons. The van der Waals surface area contributed by atoms with Crippen LogP contribution in [0.5, 0.6) is 5.75 Å². The molecule has 5 rings (SSSR count). The van der Waals surface area contributed by atoms with Gasteiger partial charge in [0.2, 0.25) is 5.78 Å². The van der Waals surface area contributed by atoms with Crippen LogP contribution in [0.4, 0.5) is 31.1 Å². The Morgan fingerprint density at radius 3 is 2.57 bits per heavy atom. The predicted octanol–water partition coefficient (Wildman–Crippen LogP) is 4.83. The molecule has 3 N–H and O–H groups in total. The molecule has 0 radical (unpaired) electrons. The lowest BCUT2D eigenvalue weighted by Crippen LogP contribution is -2.47. The first-order chi connectivity index (χ1) is 16.9. The molecule has 3 aromatic rings. The Hall–Kier alpha value is -3.24. The van der Waals surface area contributed by atoms with Crippen molar-refractivity contribution in [2.24, 2.45) is 5.92 Å². The number of hydrogen-bond acceptors (Lipinski definition) is 8. The zero-order chi connectivity index (χ0) is 24.4. The molecule has 1 aliphatic carbocycles. The first-order valence-corrected chi connectivity index (χ1v) is 12.5. The van der Waals surface area contributed by atoms with Crippen molar-refractivity contribution < 1.29 is 18.3 Å². The molecule has 7 nitrogen and oxygen atoms in total. The molecule has 0 amide bonds. The average molecular weight is 500 g/mol. The summed E-state index contributed by atoms with van der Waals surface area (Å²) in [5.41, 5.74) is 8.21. The van der Waals surface area contributed by atoms with Gasteiger partial charge in [-0.1, -0.05) is 23.5 Å². The van der Waals surface area contributed by atoms with Crippen molar-refractivity contribution in [3.05, 3.63) is 59.0 Å². The summed E-state index contributed by atoms with van der Waals surface area (Å²) in [5, 5.41) is 3.68. The first kappa shape index (κ1) is 23.5. The molecular formula is C25H27F2N5O2S. The number of nitrogens with two attached hydrogens (primary N) is 1. The Balaban J connectivity index is 1.21. The highest BCUT2D eigenvalue weighted by Gasteiger charge is 2.26. The van der Waals surface area contributed by atoms with Crippen molar-refractivity contribution in [2.45, 2.75) is 19.5 Å². The van der Waals surface area contributed by atoms with Gasteiger partial charge in [-0.2, -0.15) is 8.78 Å². The summed E-state index contributed by atoms with van der Waals surface area (Å²) in [6.07, 6.45) is 2.77. The van der Waals surface area contributed by atoms with Crippen LogP contribution >= 0.6 is 11.3 Å². The van der Waals surface area contributed by atoms with Gasteiger partial charge in [0.15, 0.2) is 5.13 Å². The van der Waals surface area contributed by atoms with E-state index in [9.17, 15) is 13.6 Å². The molecule has 2 aliphatic rings. The largest absolute Gasteiger partial charge is 0.435 e. The van der Waals surface area contributed by atoms with Crippen molar-refractivity contribution >= 4 is 39.4 Å². The van der Waals surface area contributed by atoms with E-state index >= 15 is 0 Å². The zero-order valence-corrected chi connectivity index (χ0v) is 19.9. The Morgan fingerprint density at radius 2 is 1.89 bits per heavy atom. The number of thiazole rings is 1. The van der Waals surface area contributed by atoms with Crippen LogP contribution < -0.4 is 20.7 Å². The van der Waals surface area contributed by atoms with Gasteiger partial charge in [0.1, 0.15) is 16.4 Å². The molecule has 0 spiro atoms. The van der Waals surface area contributed by atoms with Crippen molar-refractivity contribution in [2.75, 3.05) is 48.7 Å². The second-order valence-corrected chi connectivity index (χ2v) is 9.87. The smallest absolute Gasteiger partial charge is 0.387 e. The number of ketones is 1. The van der Waals surface area contributed by atoms with Gasteiger partial charge >= 0.3 is 6.61 Å². The van der Waals surface area contributed by atoms with Crippen LogP contribution in [-0.2, 0) is 0 Å². The van der Waals surface area contributed by atoms with Gasteiger partial charge in [-0.05, 0) is 55.2 Å². The Bertz CT molecular complexity index is 1170. The molecule has 1 saturated heterocycles. The normalized spacial score (nSPS) is 16.5. The standard InChI is InChI=1S/C25H27F2N5O2S/c26-24(27)34-20-3-1-2-17(14-20)21(33)22-23(28)30-25(35-22)29-18-6-8-19(9-7-18)32-12-10-31(11-13-32)15-16-4-5-16/h1-3,6-9,14,16,24H,4-5,10-13,15,28H2,(H,29,30). The molecule has 0 bridgehead atoms. The fraction of sp³-hybridized carbons (Fsp3) is 0.360. The minimum absolute atomic E-state index is 0.0864. The molecule has 2 heterocycles. The second kappa shape index (κ2) is 10.2. The van der Waals surface area contributed by atoms with Gasteiger partial charge in [-0.15, -0.1) is 0 Å². The number of nitrogens with zero attached hydrogens (tertiary/aromatic N) is 3. The summed E-state index contributed by atoms with van der Waals surface area (Å²) in [6, 6.07) is 13.8. The van der Waals surface area contributed by atoms with Crippen LogP contribution in [-0.4, -0.2) is 55.0 Å². The van der Waals surface area contributed by atoms with Crippen molar-refractivity contribution in [1.29, 1.82) is 0 Å². The lowest BCUT2D eigenvalue weighted by molar-refractivity contribution is -0.0498. The van der Waals surface area contributed by atoms with Crippen LogP contribution in [0.3, 0.4) is 0 Å². The van der Waals surface area contributed by atoms with Crippen LogP contribution in [0.15, 0.2) is 48.5 Å². The topological polar surface area (TPSA) is 83.7 Å². The summed E-state index contributed by atoms with van der Waals surface area (Å²) < 4.78 is 29.4. The number of alkyl halides is 2. The molecule has 2 aromatic carbocycles. The summed E-state index contributed by atoms with van der Waals surface area (Å²) >= 11 is 1.12. The highest BCUT2D eigenvalue weighted by atomic mass is 32.1. The van der Waals surface area contributed by atoms with Crippen LogP contribution in [0.25, 0.3) is 0 Å². The summed E-state index contributed by atoms with van der Waals surface area (Å²) in [4.78, 5) is 22.4. The fourth-order valence-electron chi connectivity index (χ4n) is 4.23. The summed E-state index contributed by atoms with van der Waals surface area (Å²) in [5.74, 6) is 0.524. The molecule has 0 atom stereocenters. The number of aromatic nitrogens is 1. The van der Waals surface area contributed by atoms with E-state index in [1.807, 2.05) is 12.1 Å². The molecule has 1 aliphatic heterocycles. The highest BCUT2D eigenvalue weighted by molar-refractivity contribution is 7.18. The number of ether oxygens (including phenoxy) is 1. The maximum absolute atomic E-state index is 12.9. The molecular weight excluding hydrogens is 472 g/mol. The monoisotopic (exact) mass is 499 g/mol. The number of piperazine rings is 1. The van der Waals surface area contributed by atoms with Crippen LogP contribution in [0.2, 0.25) is 0 Å². The lowest BCUT2D eigenvalue weighted by Gasteiger charge is -2.36. The number of nitrogens with one attached hydrogen (secondary N) is 1. The SMILES string of the molecule is Nc1nc(Nc2ccc(N3CCN(CC4CC4)CC3)cc2)sc1C(=O)c1cccc(OC(F)F)c1. The first-order valence-electron chi connectivity index (χ1n) is 11.6. The zero-order valence-electron chi connectivity index (χ0n) is 19.1. The van der Waals surface area contributed by atoms with Gasteiger partial charge in [0, 0.05) is 49.7 Å². The highest BCUT2D eigenvalue weighted by Crippen LogP contribution is 2.32. The van der Waals surface area contributed by atoms with E-state index in [0.29, 0.717) is 5.13 Å². The predicted molar refractivity (Wildman–Crippen MR) is 134 cm³/mol. The van der Waals surface area contributed by atoms with Gasteiger partial charge in [0.25, 0.3) is 0 Å². The fourth-order valence-corrected chi connectivity index (χ4v) is 5.09. The number of halogens is 2. The van der Waals surface area contributed by atoms with Crippen molar-refractivity contribution in [1.82, 2.24) is 9.88 Å². The number of rotatable bonds is 9. The molecule has 2 fully saturated rings. The maximum atomic E-state index is 12.9. The van der Waals surface area contributed by atoms with Gasteiger partial charge in [0.05, 0.1) is 0 Å². The van der Waals surface area contributed by atoms with Gasteiger partial charge < -0.3 is 20.7 Å². The van der Waals surface area contributed by atoms with E-state index in [0.717, 1.165) is 49.1 Å². The third-order valence-electron chi connectivity index (χ3n) is 6.25. The number of nitrogen functional groups attached to an aromatic ring is 1. The number of benzene rings is 2. The molecule has 35 heavy (non-hydrogen) atoms. The van der Waals surface area contributed by atoms with Crippen LogP contribution in [0, 0.1) is 5.92 Å². The molecule has 1 saturated carbocycles. The van der Waals surface area contributed by atoms with E-state index in [1.165, 1.54) is 49.3 Å². The van der Waals surface area contributed by atoms with E-state index < -0.39 is 12.4 Å². The summed E-state index contributed by atoms with van der Waals surface area (Å²) in [6.45, 7) is 2.53. The van der Waals surface area contributed by atoms with Crippen LogP contribution in [0.1, 0.15) is 28.1 Å².